The standard InChI is InChI=1S/C14H21NO2/c1-4-5-6-10-15-13-9-7-8-12(11(13)2)14(16)17-3/h7-9,15H,4-6,10H2,1-3H3. The lowest BCUT2D eigenvalue weighted by Crippen LogP contribution is -2.08. The van der Waals surface area contributed by atoms with Gasteiger partial charge < -0.3 is 10.1 Å². The van der Waals surface area contributed by atoms with Crippen LogP contribution in [0.1, 0.15) is 42.1 Å². The number of hydrogen-bond acceptors (Lipinski definition) is 3. The second-order valence-corrected chi connectivity index (χ2v) is 4.10. The molecule has 0 unspecified atom stereocenters. The SMILES string of the molecule is CCCCCNc1cccc(C(=O)OC)c1C. The topological polar surface area (TPSA) is 38.3 Å². The average Bonchev–Trinajstić information content (AvgIpc) is 2.35. The minimum absolute atomic E-state index is 0.278. The molecule has 0 aliphatic rings. The molecule has 1 aromatic rings. The van der Waals surface area contributed by atoms with E-state index in [1.54, 1.807) is 6.07 Å². The Kier molecular flexibility index (Phi) is 5.53. The maximum absolute atomic E-state index is 11.5. The van der Waals surface area contributed by atoms with Crippen molar-refractivity contribution in [3.63, 3.8) is 0 Å². The van der Waals surface area contributed by atoms with Gasteiger partial charge in [0, 0.05) is 12.2 Å². The van der Waals surface area contributed by atoms with E-state index >= 15 is 0 Å². The maximum atomic E-state index is 11.5. The number of unbranched alkanes of at least 4 members (excludes halogenated alkanes) is 2. The number of hydrogen-bond donors (Lipinski definition) is 1. The zero-order chi connectivity index (χ0) is 12.7. The fourth-order valence-corrected chi connectivity index (χ4v) is 1.76. The molecule has 1 rings (SSSR count). The van der Waals surface area contributed by atoms with Crippen LogP contribution in [0.5, 0.6) is 0 Å². The van der Waals surface area contributed by atoms with Gasteiger partial charge in [-0.15, -0.1) is 0 Å². The van der Waals surface area contributed by atoms with Gasteiger partial charge in [0.05, 0.1) is 12.7 Å². The average molecular weight is 235 g/mol. The van der Waals surface area contributed by atoms with Crippen LogP contribution < -0.4 is 5.32 Å². The van der Waals surface area contributed by atoms with E-state index in [4.69, 9.17) is 4.74 Å². The summed E-state index contributed by atoms with van der Waals surface area (Å²) in [4.78, 5) is 11.5. The molecule has 0 aliphatic heterocycles. The summed E-state index contributed by atoms with van der Waals surface area (Å²) in [5.74, 6) is -0.278. The summed E-state index contributed by atoms with van der Waals surface area (Å²) < 4.78 is 4.75. The molecule has 94 valence electrons. The number of ether oxygens (including phenoxy) is 1. The van der Waals surface area contributed by atoms with Crippen LogP contribution in [0.3, 0.4) is 0 Å². The molecule has 0 amide bonds. The summed E-state index contributed by atoms with van der Waals surface area (Å²) in [5, 5.41) is 3.36. The van der Waals surface area contributed by atoms with Gasteiger partial charge in [-0.3, -0.25) is 0 Å². The predicted octanol–water partition coefficient (Wildman–Crippen LogP) is 3.38. The van der Waals surface area contributed by atoms with E-state index in [1.165, 1.54) is 20.0 Å². The lowest BCUT2D eigenvalue weighted by molar-refractivity contribution is 0.0600. The van der Waals surface area contributed by atoms with Gasteiger partial charge >= 0.3 is 5.97 Å². The molecule has 0 saturated carbocycles. The first-order valence-electron chi connectivity index (χ1n) is 6.12. The van der Waals surface area contributed by atoms with Crippen molar-refractivity contribution in [1.29, 1.82) is 0 Å². The van der Waals surface area contributed by atoms with Crippen molar-refractivity contribution in [2.24, 2.45) is 0 Å². The number of esters is 1. The molecule has 0 bridgehead atoms. The summed E-state index contributed by atoms with van der Waals surface area (Å²) in [6, 6.07) is 5.66. The fourth-order valence-electron chi connectivity index (χ4n) is 1.76. The van der Waals surface area contributed by atoms with Crippen LogP contribution in [0.2, 0.25) is 0 Å². The van der Waals surface area contributed by atoms with Crippen LogP contribution in [-0.4, -0.2) is 19.6 Å². The van der Waals surface area contributed by atoms with E-state index in [0.717, 1.165) is 24.2 Å². The summed E-state index contributed by atoms with van der Waals surface area (Å²) in [6.45, 7) is 5.07. The van der Waals surface area contributed by atoms with E-state index in [1.807, 2.05) is 19.1 Å². The Morgan fingerprint density at radius 3 is 2.76 bits per heavy atom. The predicted molar refractivity (Wildman–Crippen MR) is 70.5 cm³/mol. The van der Waals surface area contributed by atoms with Crippen molar-refractivity contribution in [1.82, 2.24) is 0 Å². The number of anilines is 1. The summed E-state index contributed by atoms with van der Waals surface area (Å²) in [6.07, 6.45) is 3.59. The maximum Gasteiger partial charge on any atom is 0.338 e. The number of carbonyl (C=O) groups is 1. The molecule has 0 fully saturated rings. The first-order chi connectivity index (χ1) is 8.20. The van der Waals surface area contributed by atoms with Crippen molar-refractivity contribution in [2.45, 2.75) is 33.1 Å². The Labute approximate surface area is 103 Å². The first kappa shape index (κ1) is 13.6. The molecule has 0 saturated heterocycles. The van der Waals surface area contributed by atoms with Gasteiger partial charge in [-0.25, -0.2) is 4.79 Å². The minimum atomic E-state index is -0.278. The third-order valence-electron chi connectivity index (χ3n) is 2.83. The molecule has 0 heterocycles. The van der Waals surface area contributed by atoms with Gasteiger partial charge in [0.2, 0.25) is 0 Å². The van der Waals surface area contributed by atoms with Crippen molar-refractivity contribution in [2.75, 3.05) is 19.0 Å². The largest absolute Gasteiger partial charge is 0.465 e. The van der Waals surface area contributed by atoms with E-state index in [0.29, 0.717) is 5.56 Å². The number of nitrogens with one attached hydrogen (secondary N) is 1. The molecule has 17 heavy (non-hydrogen) atoms. The molecule has 0 atom stereocenters. The van der Waals surface area contributed by atoms with Gasteiger partial charge in [-0.1, -0.05) is 25.8 Å². The molecule has 3 heteroatoms. The highest BCUT2D eigenvalue weighted by Crippen LogP contribution is 2.19. The minimum Gasteiger partial charge on any atom is -0.465 e. The molecule has 3 nitrogen and oxygen atoms in total. The second kappa shape index (κ2) is 6.94. The quantitative estimate of drug-likeness (QED) is 0.606. The van der Waals surface area contributed by atoms with Crippen molar-refractivity contribution in [3.05, 3.63) is 29.3 Å². The van der Waals surface area contributed by atoms with E-state index < -0.39 is 0 Å². The van der Waals surface area contributed by atoms with Crippen LogP contribution in [0, 0.1) is 6.92 Å². The smallest absolute Gasteiger partial charge is 0.338 e. The molecule has 0 spiro atoms. The highest BCUT2D eigenvalue weighted by atomic mass is 16.5. The van der Waals surface area contributed by atoms with Gasteiger partial charge in [0.25, 0.3) is 0 Å². The third kappa shape index (κ3) is 3.77. The normalized spacial score (nSPS) is 10.1. The highest BCUT2D eigenvalue weighted by molar-refractivity contribution is 5.92. The molecular formula is C14H21NO2. The van der Waals surface area contributed by atoms with Gasteiger partial charge in [-0.2, -0.15) is 0 Å². The van der Waals surface area contributed by atoms with Crippen molar-refractivity contribution < 1.29 is 9.53 Å². The van der Waals surface area contributed by atoms with E-state index in [2.05, 4.69) is 12.2 Å². The van der Waals surface area contributed by atoms with E-state index in [9.17, 15) is 4.79 Å². The number of methoxy groups -OCH3 is 1. The molecular weight excluding hydrogens is 214 g/mol. The highest BCUT2D eigenvalue weighted by Gasteiger charge is 2.10. The molecule has 1 N–H and O–H groups in total. The number of carbonyl (C=O) groups excluding carboxylic acids is 1. The summed E-state index contributed by atoms with van der Waals surface area (Å²) in [7, 11) is 1.41. The Morgan fingerprint density at radius 1 is 1.35 bits per heavy atom. The monoisotopic (exact) mass is 235 g/mol. The zero-order valence-electron chi connectivity index (χ0n) is 10.9. The fraction of sp³-hybridized carbons (Fsp3) is 0.500. The number of benzene rings is 1. The second-order valence-electron chi connectivity index (χ2n) is 4.10. The van der Waals surface area contributed by atoms with Gasteiger partial charge in [0.1, 0.15) is 0 Å². The molecule has 0 aromatic heterocycles. The van der Waals surface area contributed by atoms with Crippen LogP contribution >= 0.6 is 0 Å². The Balaban J connectivity index is 2.70. The van der Waals surface area contributed by atoms with Crippen LogP contribution in [0.4, 0.5) is 5.69 Å². The first-order valence-corrected chi connectivity index (χ1v) is 6.12. The molecule has 0 aliphatic carbocycles. The van der Waals surface area contributed by atoms with Crippen molar-refractivity contribution in [3.8, 4) is 0 Å². The third-order valence-corrected chi connectivity index (χ3v) is 2.83. The van der Waals surface area contributed by atoms with Gasteiger partial charge in [-0.05, 0) is 31.0 Å². The van der Waals surface area contributed by atoms with Crippen molar-refractivity contribution >= 4 is 11.7 Å². The Morgan fingerprint density at radius 2 is 2.12 bits per heavy atom. The Hall–Kier alpha value is -1.51. The lowest BCUT2D eigenvalue weighted by atomic mass is 10.1. The molecule has 0 radical (unpaired) electrons. The summed E-state index contributed by atoms with van der Waals surface area (Å²) in [5.41, 5.74) is 2.60. The Bertz CT molecular complexity index is 374. The van der Waals surface area contributed by atoms with E-state index in [-0.39, 0.29) is 5.97 Å². The lowest BCUT2D eigenvalue weighted by Gasteiger charge is -2.12. The molecule has 1 aromatic carbocycles. The van der Waals surface area contributed by atoms with Crippen LogP contribution in [-0.2, 0) is 4.74 Å². The van der Waals surface area contributed by atoms with Gasteiger partial charge in [0.15, 0.2) is 0 Å². The zero-order valence-corrected chi connectivity index (χ0v) is 10.9. The van der Waals surface area contributed by atoms with Crippen LogP contribution in [0.25, 0.3) is 0 Å². The summed E-state index contributed by atoms with van der Waals surface area (Å²) >= 11 is 0. The van der Waals surface area contributed by atoms with Crippen LogP contribution in [0.15, 0.2) is 18.2 Å². The number of rotatable bonds is 6.